The standard InChI is InChI=1S/C24H26Cl2FN3/c1-4-15(2)5-6-19(14-28)18-8-7-17-11-12-30(22(17)13-18)29-16(3)23-20(25)9-10-21(27)24(23)26/h6-16,28-29H,4-5H2,1-3H3. The van der Waals surface area contributed by atoms with Crippen LogP contribution < -0.4 is 5.43 Å². The molecule has 0 saturated heterocycles. The van der Waals surface area contributed by atoms with E-state index in [0.717, 1.165) is 34.9 Å². The summed E-state index contributed by atoms with van der Waals surface area (Å²) >= 11 is 12.4. The average Bonchev–Trinajstić information content (AvgIpc) is 3.13. The molecule has 158 valence electrons. The Morgan fingerprint density at radius 2 is 1.97 bits per heavy atom. The Bertz CT molecular complexity index is 1090. The van der Waals surface area contributed by atoms with Gasteiger partial charge in [-0.15, -0.1) is 0 Å². The van der Waals surface area contributed by atoms with Crippen LogP contribution in [0.1, 0.15) is 50.8 Å². The van der Waals surface area contributed by atoms with Crippen molar-refractivity contribution in [3.8, 4) is 0 Å². The Balaban J connectivity index is 1.94. The number of rotatable bonds is 8. The van der Waals surface area contributed by atoms with Gasteiger partial charge in [0.05, 0.1) is 16.6 Å². The topological polar surface area (TPSA) is 40.8 Å². The first-order valence-corrected chi connectivity index (χ1v) is 10.8. The van der Waals surface area contributed by atoms with E-state index in [4.69, 9.17) is 28.6 Å². The lowest BCUT2D eigenvalue weighted by atomic mass is 9.99. The highest BCUT2D eigenvalue weighted by Crippen LogP contribution is 2.33. The molecule has 0 amide bonds. The lowest BCUT2D eigenvalue weighted by Gasteiger charge is -2.20. The fraction of sp³-hybridized carbons (Fsp3) is 0.292. The van der Waals surface area contributed by atoms with Crippen LogP contribution >= 0.6 is 23.2 Å². The van der Waals surface area contributed by atoms with Crippen molar-refractivity contribution in [2.24, 2.45) is 5.92 Å². The van der Waals surface area contributed by atoms with Crippen molar-refractivity contribution in [2.45, 2.75) is 39.7 Å². The Morgan fingerprint density at radius 1 is 1.20 bits per heavy atom. The molecule has 0 fully saturated rings. The van der Waals surface area contributed by atoms with Crippen molar-refractivity contribution >= 4 is 45.9 Å². The van der Waals surface area contributed by atoms with Crippen molar-refractivity contribution in [1.82, 2.24) is 4.68 Å². The van der Waals surface area contributed by atoms with Gasteiger partial charge in [-0.05, 0) is 54.7 Å². The highest BCUT2D eigenvalue weighted by atomic mass is 35.5. The van der Waals surface area contributed by atoms with Gasteiger partial charge in [-0.25, -0.2) is 4.39 Å². The van der Waals surface area contributed by atoms with E-state index in [9.17, 15) is 4.39 Å². The largest absolute Gasteiger partial charge is 0.319 e. The van der Waals surface area contributed by atoms with Crippen molar-refractivity contribution in [3.63, 3.8) is 0 Å². The second kappa shape index (κ2) is 9.67. The van der Waals surface area contributed by atoms with Crippen molar-refractivity contribution in [3.05, 3.63) is 75.7 Å². The molecule has 0 aliphatic rings. The van der Waals surface area contributed by atoms with Crippen LogP contribution in [0.4, 0.5) is 4.39 Å². The van der Waals surface area contributed by atoms with Gasteiger partial charge >= 0.3 is 0 Å². The predicted octanol–water partition coefficient (Wildman–Crippen LogP) is 7.86. The number of hydrogen-bond donors (Lipinski definition) is 2. The van der Waals surface area contributed by atoms with Gasteiger partial charge < -0.3 is 10.8 Å². The molecule has 0 bridgehead atoms. The number of aromatic nitrogens is 1. The van der Waals surface area contributed by atoms with Crippen LogP contribution in [0.2, 0.25) is 10.0 Å². The first kappa shape index (κ1) is 22.4. The second-order valence-corrected chi connectivity index (χ2v) is 8.41. The fourth-order valence-electron chi connectivity index (χ4n) is 3.39. The van der Waals surface area contributed by atoms with E-state index in [2.05, 4.69) is 31.4 Å². The molecule has 1 heterocycles. The van der Waals surface area contributed by atoms with Gasteiger partial charge in [0.25, 0.3) is 0 Å². The van der Waals surface area contributed by atoms with E-state index in [1.54, 1.807) is 0 Å². The van der Waals surface area contributed by atoms with Crippen LogP contribution in [-0.2, 0) is 0 Å². The minimum Gasteiger partial charge on any atom is -0.319 e. The fourth-order valence-corrected chi connectivity index (χ4v) is 4.09. The zero-order chi connectivity index (χ0) is 21.8. The molecular weight excluding hydrogens is 420 g/mol. The normalized spacial score (nSPS) is 14.0. The summed E-state index contributed by atoms with van der Waals surface area (Å²) in [6.07, 6.45) is 7.49. The maximum atomic E-state index is 13.9. The third kappa shape index (κ3) is 4.71. The zero-order valence-corrected chi connectivity index (χ0v) is 18.9. The summed E-state index contributed by atoms with van der Waals surface area (Å²) in [7, 11) is 0. The number of nitrogens with one attached hydrogen (secondary N) is 2. The molecule has 3 nitrogen and oxygen atoms in total. The number of halogens is 3. The summed E-state index contributed by atoms with van der Waals surface area (Å²) in [5.41, 5.74) is 6.70. The molecule has 3 aromatic rings. The molecule has 0 spiro atoms. The summed E-state index contributed by atoms with van der Waals surface area (Å²) in [5.74, 6) is 0.0854. The monoisotopic (exact) mass is 445 g/mol. The van der Waals surface area contributed by atoms with Crippen LogP contribution in [0.3, 0.4) is 0 Å². The quantitative estimate of drug-likeness (QED) is 0.268. The van der Waals surface area contributed by atoms with Crippen LogP contribution in [0.5, 0.6) is 0 Å². The Labute approximate surface area is 187 Å². The van der Waals surface area contributed by atoms with Crippen LogP contribution in [0, 0.1) is 17.1 Å². The van der Waals surface area contributed by atoms with Crippen LogP contribution in [-0.4, -0.2) is 10.9 Å². The summed E-state index contributed by atoms with van der Waals surface area (Å²) < 4.78 is 15.8. The molecule has 0 radical (unpaired) electrons. The van der Waals surface area contributed by atoms with Crippen molar-refractivity contribution < 1.29 is 4.39 Å². The molecule has 0 saturated carbocycles. The molecule has 30 heavy (non-hydrogen) atoms. The van der Waals surface area contributed by atoms with Crippen molar-refractivity contribution in [2.75, 3.05) is 5.43 Å². The van der Waals surface area contributed by atoms with E-state index in [1.165, 1.54) is 18.3 Å². The predicted molar refractivity (Wildman–Crippen MR) is 127 cm³/mol. The van der Waals surface area contributed by atoms with Gasteiger partial charge in [0, 0.05) is 28.4 Å². The maximum Gasteiger partial charge on any atom is 0.142 e. The van der Waals surface area contributed by atoms with Crippen LogP contribution in [0.25, 0.3) is 16.5 Å². The molecule has 2 unspecified atom stereocenters. The Hall–Kier alpha value is -2.30. The SMILES string of the molecule is CCC(C)CC=C(C=N)c1ccc2ccn(NC(C)c3c(Cl)ccc(F)c3Cl)c2c1. The number of nitrogens with zero attached hydrogens (tertiary/aromatic N) is 1. The van der Waals surface area contributed by atoms with Gasteiger partial charge in [0.2, 0.25) is 0 Å². The Morgan fingerprint density at radius 3 is 2.67 bits per heavy atom. The summed E-state index contributed by atoms with van der Waals surface area (Å²) in [5, 5.41) is 9.33. The third-order valence-electron chi connectivity index (χ3n) is 5.46. The zero-order valence-electron chi connectivity index (χ0n) is 17.3. The van der Waals surface area contributed by atoms with E-state index < -0.39 is 5.82 Å². The van der Waals surface area contributed by atoms with Crippen molar-refractivity contribution in [1.29, 1.82) is 5.41 Å². The molecule has 2 N–H and O–H groups in total. The lowest BCUT2D eigenvalue weighted by molar-refractivity contribution is 0.573. The number of allylic oxidation sites excluding steroid dienone is 2. The minimum absolute atomic E-state index is 0.0266. The molecule has 0 aliphatic heterocycles. The highest BCUT2D eigenvalue weighted by Gasteiger charge is 2.18. The summed E-state index contributed by atoms with van der Waals surface area (Å²) in [6.45, 7) is 6.27. The maximum absolute atomic E-state index is 13.9. The molecular formula is C24H26Cl2FN3. The lowest BCUT2D eigenvalue weighted by Crippen LogP contribution is -2.18. The molecule has 0 aliphatic carbocycles. The second-order valence-electron chi connectivity index (χ2n) is 7.62. The molecule has 1 aromatic heterocycles. The van der Waals surface area contributed by atoms with Gasteiger partial charge in [-0.3, -0.25) is 4.68 Å². The van der Waals surface area contributed by atoms with Gasteiger partial charge in [-0.2, -0.15) is 0 Å². The minimum atomic E-state index is -0.494. The van der Waals surface area contributed by atoms with E-state index in [-0.39, 0.29) is 11.1 Å². The molecule has 2 aromatic carbocycles. The highest BCUT2D eigenvalue weighted by molar-refractivity contribution is 6.36. The number of benzene rings is 2. The van der Waals surface area contributed by atoms with Gasteiger partial charge in [-0.1, -0.05) is 61.7 Å². The molecule has 2 atom stereocenters. The van der Waals surface area contributed by atoms with Gasteiger partial charge in [0.1, 0.15) is 5.82 Å². The van der Waals surface area contributed by atoms with Gasteiger partial charge in [0.15, 0.2) is 0 Å². The molecule has 6 heteroatoms. The average molecular weight is 446 g/mol. The summed E-state index contributed by atoms with van der Waals surface area (Å²) in [4.78, 5) is 0. The van der Waals surface area contributed by atoms with E-state index in [0.29, 0.717) is 16.5 Å². The number of fused-ring (bicyclic) bond motifs is 1. The first-order chi connectivity index (χ1) is 14.3. The molecule has 3 rings (SSSR count). The first-order valence-electron chi connectivity index (χ1n) is 10.1. The smallest absolute Gasteiger partial charge is 0.142 e. The number of hydrogen-bond acceptors (Lipinski definition) is 2. The van der Waals surface area contributed by atoms with Crippen LogP contribution in [0.15, 0.2) is 48.7 Å². The third-order valence-corrected chi connectivity index (χ3v) is 6.18. The van der Waals surface area contributed by atoms with E-state index >= 15 is 0 Å². The summed E-state index contributed by atoms with van der Waals surface area (Å²) in [6, 6.07) is 10.6. The Kier molecular flexibility index (Phi) is 7.22. The van der Waals surface area contributed by atoms with E-state index in [1.807, 2.05) is 36.0 Å².